The van der Waals surface area contributed by atoms with Crippen LogP contribution in [0.3, 0.4) is 0 Å². The maximum Gasteiger partial charge on any atom is 0.137 e. The lowest BCUT2D eigenvalue weighted by Gasteiger charge is -2.29. The Bertz CT molecular complexity index is 1140. The van der Waals surface area contributed by atoms with Gasteiger partial charge in [-0.3, -0.25) is 0 Å². The van der Waals surface area contributed by atoms with Crippen molar-refractivity contribution in [2.45, 2.75) is 58.3 Å². The summed E-state index contributed by atoms with van der Waals surface area (Å²) >= 11 is 0. The van der Waals surface area contributed by atoms with Gasteiger partial charge in [-0.1, -0.05) is 33.8 Å². The number of imidazole rings is 1. The van der Waals surface area contributed by atoms with Gasteiger partial charge in [0, 0.05) is 53.9 Å². The summed E-state index contributed by atoms with van der Waals surface area (Å²) in [5.74, 6) is 0.854. The molecule has 0 radical (unpaired) electrons. The first-order valence-corrected chi connectivity index (χ1v) is 10.3. The molecule has 0 spiro atoms. The van der Waals surface area contributed by atoms with Gasteiger partial charge in [-0.25, -0.2) is 24.9 Å². The van der Waals surface area contributed by atoms with Gasteiger partial charge in [-0.15, -0.1) is 0 Å². The molecule has 0 aliphatic heterocycles. The molecule has 0 saturated heterocycles. The number of rotatable bonds is 5. The first-order valence-electron chi connectivity index (χ1n) is 10.3. The van der Waals surface area contributed by atoms with Crippen molar-refractivity contribution in [1.82, 2.24) is 29.3 Å². The van der Waals surface area contributed by atoms with Crippen LogP contribution in [-0.4, -0.2) is 29.3 Å². The van der Waals surface area contributed by atoms with Gasteiger partial charge < -0.3 is 4.40 Å². The van der Waals surface area contributed by atoms with Crippen LogP contribution >= 0.6 is 0 Å². The molecule has 0 aliphatic rings. The van der Waals surface area contributed by atoms with E-state index in [2.05, 4.69) is 65.2 Å². The topological polar surface area (TPSA) is 68.9 Å². The Balaban J connectivity index is 1.71. The number of aromatic nitrogens is 6. The Kier molecular flexibility index (Phi) is 5.10. The molecule has 0 bridgehead atoms. The maximum atomic E-state index is 4.90. The highest BCUT2D eigenvalue weighted by molar-refractivity contribution is 5.43. The van der Waals surface area contributed by atoms with E-state index in [4.69, 9.17) is 4.98 Å². The molecule has 6 nitrogen and oxygen atoms in total. The average Bonchev–Trinajstić information content (AvgIpc) is 3.04. The number of hydrogen-bond acceptors (Lipinski definition) is 5. The lowest BCUT2D eigenvalue weighted by Crippen LogP contribution is -2.29. The van der Waals surface area contributed by atoms with E-state index in [9.17, 15) is 0 Å². The minimum atomic E-state index is -0.240. The lowest BCUT2D eigenvalue weighted by atomic mass is 9.75. The molecule has 0 N–H and O–H groups in total. The Labute approximate surface area is 177 Å². The van der Waals surface area contributed by atoms with E-state index >= 15 is 0 Å². The van der Waals surface area contributed by atoms with Crippen LogP contribution in [0.4, 0.5) is 0 Å². The number of nitrogens with zero attached hydrogens (tertiary/aromatic N) is 6. The van der Waals surface area contributed by atoms with Crippen LogP contribution in [0.15, 0.2) is 55.5 Å². The van der Waals surface area contributed by atoms with E-state index in [-0.39, 0.29) is 10.8 Å². The Morgan fingerprint density at radius 3 is 2.23 bits per heavy atom. The van der Waals surface area contributed by atoms with Gasteiger partial charge in [0.25, 0.3) is 0 Å². The van der Waals surface area contributed by atoms with Crippen molar-refractivity contribution in [1.29, 1.82) is 0 Å². The fraction of sp³-hybridized carbons (Fsp3) is 0.375. The number of hydrogen-bond donors (Lipinski definition) is 0. The standard InChI is InChI=1S/C24H28N6/c1-17-20(29-21-8-6-7-9-30(17)21)11-24(5,19-14-25-16-26-15-19)10-18-12-27-22(28-13-18)23(2,3)4/h6-9,12-16H,10-11H2,1-5H3. The van der Waals surface area contributed by atoms with Crippen molar-refractivity contribution in [2.75, 3.05) is 0 Å². The van der Waals surface area contributed by atoms with Crippen LogP contribution in [0.1, 0.15) is 56.0 Å². The first kappa shape index (κ1) is 20.1. The summed E-state index contributed by atoms with van der Waals surface area (Å²) < 4.78 is 2.14. The summed E-state index contributed by atoms with van der Waals surface area (Å²) in [4.78, 5) is 22.7. The third kappa shape index (κ3) is 3.95. The molecule has 4 aromatic rings. The molecule has 0 saturated carbocycles. The summed E-state index contributed by atoms with van der Waals surface area (Å²) in [5.41, 5.74) is 5.08. The summed E-state index contributed by atoms with van der Waals surface area (Å²) in [6.45, 7) is 10.7. The van der Waals surface area contributed by atoms with Crippen molar-refractivity contribution in [2.24, 2.45) is 0 Å². The Hall–Kier alpha value is -3.15. The fourth-order valence-corrected chi connectivity index (χ4v) is 3.87. The van der Waals surface area contributed by atoms with Crippen LogP contribution < -0.4 is 0 Å². The van der Waals surface area contributed by atoms with Gasteiger partial charge in [0.2, 0.25) is 0 Å². The van der Waals surface area contributed by atoms with Crippen LogP contribution in [0, 0.1) is 6.92 Å². The molecule has 0 aliphatic carbocycles. The third-order valence-electron chi connectivity index (χ3n) is 5.65. The molecular formula is C24H28N6. The molecular weight excluding hydrogens is 372 g/mol. The fourth-order valence-electron chi connectivity index (χ4n) is 3.87. The average molecular weight is 401 g/mol. The van der Waals surface area contributed by atoms with Gasteiger partial charge in [-0.05, 0) is 36.6 Å². The molecule has 4 heterocycles. The highest BCUT2D eigenvalue weighted by Gasteiger charge is 2.31. The first-order chi connectivity index (χ1) is 14.3. The van der Waals surface area contributed by atoms with Crippen molar-refractivity contribution in [3.8, 4) is 0 Å². The zero-order chi connectivity index (χ0) is 21.4. The van der Waals surface area contributed by atoms with E-state index in [1.165, 1.54) is 0 Å². The van der Waals surface area contributed by atoms with Crippen LogP contribution in [0.5, 0.6) is 0 Å². The quantitative estimate of drug-likeness (QED) is 0.501. The SMILES string of the molecule is Cc1c(CC(C)(Cc2cnc(C(C)(C)C)nc2)c2cncnc2)nc2ccccn12. The molecule has 6 heteroatoms. The van der Waals surface area contributed by atoms with Crippen LogP contribution in [-0.2, 0) is 23.7 Å². The van der Waals surface area contributed by atoms with Crippen molar-refractivity contribution >= 4 is 5.65 Å². The third-order valence-corrected chi connectivity index (χ3v) is 5.65. The zero-order valence-electron chi connectivity index (χ0n) is 18.3. The molecule has 4 rings (SSSR count). The Morgan fingerprint density at radius 1 is 0.900 bits per heavy atom. The van der Waals surface area contributed by atoms with Gasteiger partial charge >= 0.3 is 0 Å². The maximum absolute atomic E-state index is 4.90. The molecule has 1 atom stereocenters. The monoisotopic (exact) mass is 400 g/mol. The van der Waals surface area contributed by atoms with Crippen molar-refractivity contribution in [3.63, 3.8) is 0 Å². The van der Waals surface area contributed by atoms with Gasteiger partial charge in [0.05, 0.1) is 5.69 Å². The normalized spacial score (nSPS) is 14.0. The van der Waals surface area contributed by atoms with Crippen LogP contribution in [0.2, 0.25) is 0 Å². The molecule has 0 fully saturated rings. The molecule has 0 amide bonds. The largest absolute Gasteiger partial charge is 0.304 e. The summed E-state index contributed by atoms with van der Waals surface area (Å²) in [6.07, 6.45) is 12.9. The second kappa shape index (κ2) is 7.59. The van der Waals surface area contributed by atoms with Gasteiger partial charge in [0.1, 0.15) is 17.8 Å². The van der Waals surface area contributed by atoms with Crippen molar-refractivity contribution in [3.05, 3.63) is 83.8 Å². The predicted octanol–water partition coefficient (Wildman–Crippen LogP) is 4.26. The second-order valence-corrected chi connectivity index (χ2v) is 9.28. The zero-order valence-corrected chi connectivity index (χ0v) is 18.3. The number of pyridine rings is 1. The molecule has 154 valence electrons. The van der Waals surface area contributed by atoms with Crippen molar-refractivity contribution < 1.29 is 0 Å². The summed E-state index contributed by atoms with van der Waals surface area (Å²) in [5, 5.41) is 0. The molecule has 0 aromatic carbocycles. The lowest BCUT2D eigenvalue weighted by molar-refractivity contribution is 0.453. The highest BCUT2D eigenvalue weighted by atomic mass is 15.0. The van der Waals surface area contributed by atoms with E-state index in [0.717, 1.165) is 46.8 Å². The van der Waals surface area contributed by atoms with E-state index in [1.54, 1.807) is 6.33 Å². The summed E-state index contributed by atoms with van der Waals surface area (Å²) in [6, 6.07) is 6.09. The molecule has 4 aromatic heterocycles. The number of fused-ring (bicyclic) bond motifs is 1. The minimum Gasteiger partial charge on any atom is -0.304 e. The number of aryl methyl sites for hydroxylation is 1. The molecule has 30 heavy (non-hydrogen) atoms. The Morgan fingerprint density at radius 2 is 1.60 bits per heavy atom. The highest BCUT2D eigenvalue weighted by Crippen LogP contribution is 2.32. The smallest absolute Gasteiger partial charge is 0.137 e. The predicted molar refractivity (Wildman–Crippen MR) is 117 cm³/mol. The second-order valence-electron chi connectivity index (χ2n) is 9.28. The van der Waals surface area contributed by atoms with Crippen LogP contribution in [0.25, 0.3) is 5.65 Å². The van der Waals surface area contributed by atoms with E-state index < -0.39 is 0 Å². The van der Waals surface area contributed by atoms with E-state index in [1.807, 2.05) is 43.0 Å². The molecule has 1 unspecified atom stereocenters. The minimum absolute atomic E-state index is 0.0667. The van der Waals surface area contributed by atoms with Gasteiger partial charge in [0.15, 0.2) is 0 Å². The summed E-state index contributed by atoms with van der Waals surface area (Å²) in [7, 11) is 0. The van der Waals surface area contributed by atoms with Gasteiger partial charge in [-0.2, -0.15) is 0 Å². The van der Waals surface area contributed by atoms with E-state index in [0.29, 0.717) is 0 Å².